The zero-order chi connectivity index (χ0) is 13.9. The Kier molecular flexibility index (Phi) is 3.16. The number of fused-ring (bicyclic) bond motifs is 1. The van der Waals surface area contributed by atoms with E-state index in [-0.39, 0.29) is 6.79 Å². The Morgan fingerprint density at radius 3 is 3.00 bits per heavy atom. The van der Waals surface area contributed by atoms with Gasteiger partial charge in [-0.1, -0.05) is 6.07 Å². The van der Waals surface area contributed by atoms with Crippen molar-refractivity contribution in [2.45, 2.75) is 6.54 Å². The Hall–Kier alpha value is -2.70. The Morgan fingerprint density at radius 1 is 1.30 bits per heavy atom. The minimum atomic E-state index is 0.266. The summed E-state index contributed by atoms with van der Waals surface area (Å²) >= 11 is 0. The highest BCUT2D eigenvalue weighted by Crippen LogP contribution is 2.33. The van der Waals surface area contributed by atoms with Crippen molar-refractivity contribution in [2.75, 3.05) is 25.0 Å². The molecule has 0 atom stereocenters. The van der Waals surface area contributed by atoms with E-state index in [1.54, 1.807) is 0 Å². The Balaban J connectivity index is 1.75. The third kappa shape index (κ3) is 2.25. The van der Waals surface area contributed by atoms with E-state index >= 15 is 0 Å². The maximum atomic E-state index is 5.72. The molecule has 0 bridgehead atoms. The van der Waals surface area contributed by atoms with Crippen LogP contribution in [0.3, 0.4) is 0 Å². The van der Waals surface area contributed by atoms with Crippen molar-refractivity contribution in [3.8, 4) is 17.2 Å². The van der Waals surface area contributed by atoms with E-state index in [0.717, 1.165) is 17.1 Å². The third-order valence-electron chi connectivity index (χ3n) is 2.93. The molecule has 0 amide bonds. The number of hydrogen-bond acceptors (Lipinski definition) is 7. The highest BCUT2D eigenvalue weighted by atomic mass is 16.7. The van der Waals surface area contributed by atoms with Crippen LogP contribution in [-0.4, -0.2) is 23.9 Å². The van der Waals surface area contributed by atoms with Gasteiger partial charge in [-0.05, 0) is 17.7 Å². The van der Waals surface area contributed by atoms with Crippen LogP contribution in [0.2, 0.25) is 0 Å². The van der Waals surface area contributed by atoms with Gasteiger partial charge < -0.3 is 25.3 Å². The summed E-state index contributed by atoms with van der Waals surface area (Å²) in [6, 6.07) is 5.76. The van der Waals surface area contributed by atoms with E-state index in [0.29, 0.717) is 23.9 Å². The van der Waals surface area contributed by atoms with Crippen LogP contribution < -0.4 is 25.3 Å². The summed E-state index contributed by atoms with van der Waals surface area (Å²) in [5.74, 6) is 2.80. The van der Waals surface area contributed by atoms with Crippen LogP contribution in [0.1, 0.15) is 5.56 Å². The maximum absolute atomic E-state index is 5.72. The van der Waals surface area contributed by atoms with Crippen molar-refractivity contribution in [1.82, 2.24) is 9.97 Å². The smallest absolute Gasteiger partial charge is 0.231 e. The zero-order valence-electron chi connectivity index (χ0n) is 10.9. The van der Waals surface area contributed by atoms with Crippen molar-refractivity contribution in [2.24, 2.45) is 0 Å². The highest BCUT2D eigenvalue weighted by Gasteiger charge is 2.14. The van der Waals surface area contributed by atoms with Gasteiger partial charge in [0, 0.05) is 6.54 Å². The van der Waals surface area contributed by atoms with Crippen molar-refractivity contribution >= 4 is 11.6 Å². The van der Waals surface area contributed by atoms with E-state index in [4.69, 9.17) is 19.9 Å². The number of methoxy groups -OCH3 is 1. The molecule has 2 aromatic rings. The second kappa shape index (κ2) is 5.12. The molecule has 3 N–H and O–H groups in total. The van der Waals surface area contributed by atoms with Crippen LogP contribution >= 0.6 is 0 Å². The molecule has 104 valence electrons. The van der Waals surface area contributed by atoms with Gasteiger partial charge in [-0.2, -0.15) is 0 Å². The molecule has 2 heterocycles. The van der Waals surface area contributed by atoms with Crippen molar-refractivity contribution in [3.63, 3.8) is 0 Å². The molecular formula is C13H14N4O3. The number of aromatic nitrogens is 2. The Bertz CT molecular complexity index is 633. The van der Waals surface area contributed by atoms with Crippen LogP contribution in [0, 0.1) is 0 Å². The summed E-state index contributed by atoms with van der Waals surface area (Å²) in [5.41, 5.74) is 6.76. The lowest BCUT2D eigenvalue weighted by atomic mass is 10.2. The predicted octanol–water partition coefficient (Wildman–Crippen LogP) is 1.41. The number of anilines is 2. The second-order valence-electron chi connectivity index (χ2n) is 4.18. The van der Waals surface area contributed by atoms with Gasteiger partial charge in [-0.15, -0.1) is 0 Å². The van der Waals surface area contributed by atoms with E-state index in [1.165, 1.54) is 13.4 Å². The fourth-order valence-electron chi connectivity index (χ4n) is 1.95. The minimum absolute atomic E-state index is 0.266. The largest absolute Gasteiger partial charge is 0.490 e. The molecule has 0 spiro atoms. The second-order valence-corrected chi connectivity index (χ2v) is 4.18. The summed E-state index contributed by atoms with van der Waals surface area (Å²) in [7, 11) is 1.53. The summed E-state index contributed by atoms with van der Waals surface area (Å²) < 4.78 is 15.8. The minimum Gasteiger partial charge on any atom is -0.490 e. The Morgan fingerprint density at radius 2 is 2.15 bits per heavy atom. The molecule has 1 aliphatic heterocycles. The predicted molar refractivity (Wildman–Crippen MR) is 72.9 cm³/mol. The number of nitrogen functional groups attached to an aromatic ring is 1. The molecule has 0 aliphatic carbocycles. The van der Waals surface area contributed by atoms with Crippen molar-refractivity contribution in [3.05, 3.63) is 30.1 Å². The molecule has 0 saturated heterocycles. The zero-order valence-corrected chi connectivity index (χ0v) is 10.9. The summed E-state index contributed by atoms with van der Waals surface area (Å²) in [4.78, 5) is 7.99. The van der Waals surface area contributed by atoms with Crippen LogP contribution in [0.5, 0.6) is 17.2 Å². The van der Waals surface area contributed by atoms with Gasteiger partial charge in [0.05, 0.1) is 7.11 Å². The van der Waals surface area contributed by atoms with Gasteiger partial charge in [-0.3, -0.25) is 0 Å². The van der Waals surface area contributed by atoms with Gasteiger partial charge in [0.1, 0.15) is 6.33 Å². The van der Waals surface area contributed by atoms with Gasteiger partial charge in [-0.25, -0.2) is 9.97 Å². The van der Waals surface area contributed by atoms with Crippen LogP contribution in [0.25, 0.3) is 0 Å². The third-order valence-corrected chi connectivity index (χ3v) is 2.93. The summed E-state index contributed by atoms with van der Waals surface area (Å²) in [6.45, 7) is 0.825. The fourth-order valence-corrected chi connectivity index (χ4v) is 1.95. The molecule has 0 radical (unpaired) electrons. The number of hydrogen-bond donors (Lipinski definition) is 2. The van der Waals surface area contributed by atoms with Gasteiger partial charge in [0.25, 0.3) is 0 Å². The standard InChI is InChI=1S/C13H14N4O3/c1-18-11-12(14)16-6-17-13(11)15-5-8-2-3-9-10(4-8)20-7-19-9/h2-4,6H,5,7H2,1H3,(H3,14,15,16,17). The lowest BCUT2D eigenvalue weighted by Gasteiger charge is -2.11. The van der Waals surface area contributed by atoms with E-state index in [1.807, 2.05) is 18.2 Å². The number of ether oxygens (including phenoxy) is 3. The van der Waals surface area contributed by atoms with Crippen molar-refractivity contribution < 1.29 is 14.2 Å². The van der Waals surface area contributed by atoms with Crippen LogP contribution in [0.15, 0.2) is 24.5 Å². The first-order valence-corrected chi connectivity index (χ1v) is 6.05. The molecule has 3 rings (SSSR count). The monoisotopic (exact) mass is 274 g/mol. The van der Waals surface area contributed by atoms with Crippen molar-refractivity contribution in [1.29, 1.82) is 0 Å². The number of benzene rings is 1. The summed E-state index contributed by atoms with van der Waals surface area (Å²) in [6.07, 6.45) is 1.39. The van der Waals surface area contributed by atoms with E-state index < -0.39 is 0 Å². The van der Waals surface area contributed by atoms with E-state index in [2.05, 4.69) is 15.3 Å². The Labute approximate surface area is 115 Å². The molecule has 1 aromatic carbocycles. The molecule has 1 aromatic heterocycles. The number of nitrogens with one attached hydrogen (secondary N) is 1. The first-order chi connectivity index (χ1) is 9.78. The SMILES string of the molecule is COc1c(N)ncnc1NCc1ccc2c(c1)OCO2. The quantitative estimate of drug-likeness (QED) is 0.870. The molecule has 0 fully saturated rings. The molecule has 20 heavy (non-hydrogen) atoms. The lowest BCUT2D eigenvalue weighted by molar-refractivity contribution is 0.174. The maximum Gasteiger partial charge on any atom is 0.231 e. The first kappa shape index (κ1) is 12.3. The molecule has 0 saturated carbocycles. The first-order valence-electron chi connectivity index (χ1n) is 6.05. The fraction of sp³-hybridized carbons (Fsp3) is 0.231. The molecule has 7 nitrogen and oxygen atoms in total. The van der Waals surface area contributed by atoms with Gasteiger partial charge in [0.15, 0.2) is 23.1 Å². The summed E-state index contributed by atoms with van der Waals surface area (Å²) in [5, 5.41) is 3.16. The average Bonchev–Trinajstić information content (AvgIpc) is 2.92. The van der Waals surface area contributed by atoms with Crippen LogP contribution in [-0.2, 0) is 6.54 Å². The number of nitrogens with two attached hydrogens (primary N) is 1. The molecule has 7 heteroatoms. The van der Waals surface area contributed by atoms with Gasteiger partial charge in [0.2, 0.25) is 12.5 Å². The molecule has 1 aliphatic rings. The molecule has 0 unspecified atom stereocenters. The number of rotatable bonds is 4. The topological polar surface area (TPSA) is 91.5 Å². The normalized spacial score (nSPS) is 12.2. The van der Waals surface area contributed by atoms with Gasteiger partial charge >= 0.3 is 0 Å². The average molecular weight is 274 g/mol. The van der Waals surface area contributed by atoms with Crippen LogP contribution in [0.4, 0.5) is 11.6 Å². The van der Waals surface area contributed by atoms with E-state index in [9.17, 15) is 0 Å². The highest BCUT2D eigenvalue weighted by molar-refractivity contribution is 5.61. The number of nitrogens with zero attached hydrogens (tertiary/aromatic N) is 2. The lowest BCUT2D eigenvalue weighted by Crippen LogP contribution is -2.06. The molecular weight excluding hydrogens is 260 g/mol.